The molecule has 0 fully saturated rings. The van der Waals surface area contributed by atoms with E-state index in [1.54, 1.807) is 11.3 Å². The number of nitrogens with zero attached hydrogens (tertiary/aromatic N) is 5. The number of aromatic nitrogens is 5. The van der Waals surface area contributed by atoms with Crippen LogP contribution in [0.25, 0.3) is 120 Å². The Morgan fingerprint density at radius 3 is 1.51 bits per heavy atom. The highest BCUT2D eigenvalue weighted by Crippen LogP contribution is 2.40. The van der Waals surface area contributed by atoms with Gasteiger partial charge in [0.05, 0.1) is 43.7 Å². The van der Waals surface area contributed by atoms with E-state index in [2.05, 4.69) is 173 Å². The fourth-order valence-corrected chi connectivity index (χ4v) is 10.5. The Balaban J connectivity index is 0.902. The van der Waals surface area contributed by atoms with Crippen LogP contribution < -0.4 is 0 Å². The lowest BCUT2D eigenvalue weighted by atomic mass is 10.0. The molecule has 5 nitrogen and oxygen atoms in total. The van der Waals surface area contributed by atoms with Gasteiger partial charge < -0.3 is 9.13 Å². The Morgan fingerprint density at radius 1 is 0.333 bits per heavy atom. The summed E-state index contributed by atoms with van der Waals surface area (Å²) in [5, 5.41) is 6.10. The lowest BCUT2D eigenvalue weighted by Gasteiger charge is -2.12. The van der Waals surface area contributed by atoms with E-state index in [1.165, 1.54) is 64.0 Å². The van der Waals surface area contributed by atoms with Crippen LogP contribution in [0.1, 0.15) is 0 Å². The highest BCUT2D eigenvalue weighted by molar-refractivity contribution is 7.25. The molecule has 0 spiro atoms. The van der Waals surface area contributed by atoms with Crippen LogP contribution in [0, 0.1) is 0 Å². The molecule has 6 heteroatoms. The second kappa shape index (κ2) is 14.2. The number of hydrogen-bond donors (Lipinski definition) is 0. The van der Waals surface area contributed by atoms with Gasteiger partial charge in [0.1, 0.15) is 0 Å². The smallest absolute Gasteiger partial charge is 0.160 e. The molecule has 0 unspecified atom stereocenters. The van der Waals surface area contributed by atoms with Crippen molar-refractivity contribution in [3.8, 4) is 56.4 Å². The lowest BCUT2D eigenvalue weighted by molar-refractivity contribution is 1.17. The summed E-state index contributed by atoms with van der Waals surface area (Å²) in [7, 11) is 0. The number of hydrogen-bond acceptors (Lipinski definition) is 4. The molecule has 13 aromatic rings. The van der Waals surface area contributed by atoms with E-state index in [-0.39, 0.29) is 0 Å². The molecule has 0 saturated carbocycles. The summed E-state index contributed by atoms with van der Waals surface area (Å²) in [5.74, 6) is 0.710. The van der Waals surface area contributed by atoms with E-state index in [0.717, 1.165) is 50.5 Å². The van der Waals surface area contributed by atoms with Gasteiger partial charge in [-0.05, 0) is 96.1 Å². The molecule has 0 N–H and O–H groups in total. The van der Waals surface area contributed by atoms with Crippen LogP contribution in [0.3, 0.4) is 0 Å². The van der Waals surface area contributed by atoms with Gasteiger partial charge in [0, 0.05) is 65.9 Å². The zero-order chi connectivity index (χ0) is 41.4. The fraction of sp³-hybridized carbons (Fsp3) is 0. The summed E-state index contributed by atoms with van der Waals surface area (Å²) in [5.41, 5.74) is 15.2. The van der Waals surface area contributed by atoms with E-state index < -0.39 is 0 Å². The Morgan fingerprint density at radius 2 is 0.857 bits per heavy atom. The van der Waals surface area contributed by atoms with Crippen LogP contribution in [0.5, 0.6) is 0 Å². The first kappa shape index (κ1) is 35.6. The number of pyridine rings is 1. The highest BCUT2D eigenvalue weighted by atomic mass is 32.1. The summed E-state index contributed by atoms with van der Waals surface area (Å²) in [6.07, 6.45) is 1.89. The van der Waals surface area contributed by atoms with Crippen LogP contribution >= 0.6 is 11.3 Å². The molecule has 0 aliphatic carbocycles. The first-order valence-corrected chi connectivity index (χ1v) is 22.0. The predicted molar refractivity (Wildman–Crippen MR) is 263 cm³/mol. The van der Waals surface area contributed by atoms with Gasteiger partial charge in [-0.25, -0.2) is 9.97 Å². The maximum absolute atomic E-state index is 5.08. The van der Waals surface area contributed by atoms with E-state index in [4.69, 9.17) is 15.0 Å². The fourth-order valence-electron chi connectivity index (χ4n) is 9.44. The average Bonchev–Trinajstić information content (AvgIpc) is 4.01. The molecule has 0 amide bonds. The average molecular weight is 822 g/mol. The molecule has 5 heterocycles. The maximum atomic E-state index is 5.08. The van der Waals surface area contributed by atoms with E-state index >= 15 is 0 Å². The maximum Gasteiger partial charge on any atom is 0.160 e. The van der Waals surface area contributed by atoms with Crippen molar-refractivity contribution in [2.24, 2.45) is 0 Å². The molecule has 0 bridgehead atoms. The third-order valence-electron chi connectivity index (χ3n) is 12.4. The SMILES string of the molecule is c1ccc(-c2cc(-c3ccc(-n4c5ccccc5c5cc(-c6ccc7c(c6)c6ccccc6n7-c6ccc7sc8cccnc8c7c6)ccc54)cc3)nc(-c3ccccc3)n2)cc1. The van der Waals surface area contributed by atoms with Gasteiger partial charge in [0.25, 0.3) is 0 Å². The van der Waals surface area contributed by atoms with Crippen molar-refractivity contribution in [1.82, 2.24) is 24.1 Å². The summed E-state index contributed by atoms with van der Waals surface area (Å²) >= 11 is 1.80. The molecule has 0 radical (unpaired) electrons. The van der Waals surface area contributed by atoms with Gasteiger partial charge in [-0.2, -0.15) is 0 Å². The normalized spacial score (nSPS) is 11.8. The van der Waals surface area contributed by atoms with Gasteiger partial charge in [-0.3, -0.25) is 4.98 Å². The van der Waals surface area contributed by atoms with Gasteiger partial charge >= 0.3 is 0 Å². The first-order valence-electron chi connectivity index (χ1n) is 21.2. The minimum Gasteiger partial charge on any atom is -0.309 e. The molecule has 8 aromatic carbocycles. The highest BCUT2D eigenvalue weighted by Gasteiger charge is 2.18. The van der Waals surface area contributed by atoms with Crippen molar-refractivity contribution in [3.63, 3.8) is 0 Å². The largest absolute Gasteiger partial charge is 0.309 e. The Labute approximate surface area is 366 Å². The van der Waals surface area contributed by atoms with Gasteiger partial charge in [0.2, 0.25) is 0 Å². The molecule has 0 atom stereocenters. The van der Waals surface area contributed by atoms with Crippen LogP contribution in [-0.4, -0.2) is 24.1 Å². The van der Waals surface area contributed by atoms with E-state index in [9.17, 15) is 0 Å². The second-order valence-electron chi connectivity index (χ2n) is 16.0. The molecule has 13 rings (SSSR count). The van der Waals surface area contributed by atoms with Crippen LogP contribution in [-0.2, 0) is 0 Å². The predicted octanol–water partition coefficient (Wildman–Crippen LogP) is 15.1. The third-order valence-corrected chi connectivity index (χ3v) is 13.5. The quantitative estimate of drug-likeness (QED) is 0.168. The summed E-state index contributed by atoms with van der Waals surface area (Å²) in [6, 6.07) is 73.7. The standard InChI is InChI=1S/C57H35N5S/c1-3-12-36(13-4-1)48-35-49(60-57(59-48)38-14-5-2-6-15-38)37-21-25-41(26-22-37)61-50-18-9-7-16-43(50)45-32-39(23-28-52(45)61)40-24-29-53-46(33-40)44-17-8-10-19-51(44)62(53)42-27-30-54-47(34-42)56-55(63-54)20-11-31-58-56/h1-35H. The van der Waals surface area contributed by atoms with Crippen molar-refractivity contribution in [1.29, 1.82) is 0 Å². The zero-order valence-electron chi connectivity index (χ0n) is 33.9. The Bertz CT molecular complexity index is 3840. The van der Waals surface area contributed by atoms with Crippen LogP contribution in [0.4, 0.5) is 0 Å². The topological polar surface area (TPSA) is 48.5 Å². The molecule has 0 saturated heterocycles. The first-order chi connectivity index (χ1) is 31.2. The van der Waals surface area contributed by atoms with Crippen LogP contribution in [0.15, 0.2) is 212 Å². The molecular formula is C57H35N5S. The third kappa shape index (κ3) is 5.80. The molecule has 5 aromatic heterocycles. The number of fused-ring (bicyclic) bond motifs is 9. The van der Waals surface area contributed by atoms with E-state index in [1.807, 2.05) is 48.7 Å². The van der Waals surface area contributed by atoms with Gasteiger partial charge in [-0.1, -0.05) is 121 Å². The Kier molecular flexibility index (Phi) is 8.01. The summed E-state index contributed by atoms with van der Waals surface area (Å²) in [4.78, 5) is 14.8. The minimum atomic E-state index is 0.710. The minimum absolute atomic E-state index is 0.710. The van der Waals surface area contributed by atoms with Crippen molar-refractivity contribution in [2.45, 2.75) is 0 Å². The number of thiophene rings is 1. The van der Waals surface area contributed by atoms with E-state index in [0.29, 0.717) is 5.82 Å². The zero-order valence-corrected chi connectivity index (χ0v) is 34.7. The lowest BCUT2D eigenvalue weighted by Crippen LogP contribution is -1.97. The number of benzene rings is 8. The van der Waals surface area contributed by atoms with Gasteiger partial charge in [-0.15, -0.1) is 11.3 Å². The molecular weight excluding hydrogens is 787 g/mol. The van der Waals surface area contributed by atoms with Crippen molar-refractivity contribution in [2.75, 3.05) is 0 Å². The van der Waals surface area contributed by atoms with Crippen LogP contribution in [0.2, 0.25) is 0 Å². The monoisotopic (exact) mass is 821 g/mol. The molecule has 0 aliphatic heterocycles. The molecule has 63 heavy (non-hydrogen) atoms. The van der Waals surface area contributed by atoms with Crippen molar-refractivity contribution >= 4 is 75.3 Å². The summed E-state index contributed by atoms with van der Waals surface area (Å²) < 4.78 is 7.24. The summed E-state index contributed by atoms with van der Waals surface area (Å²) in [6.45, 7) is 0. The molecule has 294 valence electrons. The van der Waals surface area contributed by atoms with Gasteiger partial charge in [0.15, 0.2) is 5.82 Å². The number of para-hydroxylation sites is 2. The Hall–Kier alpha value is -8.19. The second-order valence-corrected chi connectivity index (χ2v) is 17.1. The molecule has 0 aliphatic rings. The number of rotatable bonds is 6. The van der Waals surface area contributed by atoms with Crippen molar-refractivity contribution < 1.29 is 0 Å². The van der Waals surface area contributed by atoms with Crippen molar-refractivity contribution in [3.05, 3.63) is 212 Å².